The summed E-state index contributed by atoms with van der Waals surface area (Å²) in [5.41, 5.74) is 0. The van der Waals surface area contributed by atoms with Gasteiger partial charge in [0.1, 0.15) is 0 Å². The zero-order chi connectivity index (χ0) is 11.0. The summed E-state index contributed by atoms with van der Waals surface area (Å²) in [5.74, 6) is 0.798. The van der Waals surface area contributed by atoms with E-state index in [0.29, 0.717) is 18.4 Å². The van der Waals surface area contributed by atoms with E-state index in [9.17, 15) is 5.11 Å². The zero-order valence-corrected chi connectivity index (χ0v) is 9.87. The van der Waals surface area contributed by atoms with Gasteiger partial charge in [0.05, 0.1) is 6.10 Å². The summed E-state index contributed by atoms with van der Waals surface area (Å²) in [5, 5.41) is 18.5. The van der Waals surface area contributed by atoms with Crippen LogP contribution < -0.4 is 0 Å². The summed E-state index contributed by atoms with van der Waals surface area (Å²) in [6, 6.07) is 0. The largest absolute Gasteiger partial charge is 0.396 e. The molecular weight excluding hydrogens is 176 g/mol. The molecule has 0 aliphatic heterocycles. The highest BCUT2D eigenvalue weighted by Crippen LogP contribution is 2.20. The fraction of sp³-hybridized carbons (Fsp3) is 1.00. The minimum atomic E-state index is -0.158. The molecule has 0 saturated carbocycles. The van der Waals surface area contributed by atoms with Crippen LogP contribution in [0.3, 0.4) is 0 Å². The average Bonchev–Trinajstić information content (AvgIpc) is 2.21. The van der Waals surface area contributed by atoms with E-state index < -0.39 is 0 Å². The van der Waals surface area contributed by atoms with E-state index in [0.717, 1.165) is 32.1 Å². The molecule has 2 N–H and O–H groups in total. The van der Waals surface area contributed by atoms with Gasteiger partial charge in [-0.1, -0.05) is 40.0 Å². The van der Waals surface area contributed by atoms with E-state index in [1.54, 1.807) is 0 Å². The van der Waals surface area contributed by atoms with Crippen LogP contribution in [0, 0.1) is 11.8 Å². The standard InChI is InChI=1S/C12H26O2/c1-4-10(2)12(14)11(3)8-6-5-7-9-13/h10-14H,4-9H2,1-3H3/t10-,11+,12-/m1/s1. The molecule has 0 bridgehead atoms. The third-order valence-electron chi connectivity index (χ3n) is 3.13. The molecule has 2 heteroatoms. The van der Waals surface area contributed by atoms with Crippen molar-refractivity contribution in [1.82, 2.24) is 0 Å². The maximum Gasteiger partial charge on any atom is 0.0591 e. The maximum absolute atomic E-state index is 9.89. The Morgan fingerprint density at radius 3 is 2.14 bits per heavy atom. The molecule has 3 atom stereocenters. The number of aliphatic hydroxyl groups excluding tert-OH is 2. The molecule has 0 aliphatic rings. The van der Waals surface area contributed by atoms with E-state index >= 15 is 0 Å². The lowest BCUT2D eigenvalue weighted by atomic mass is 9.88. The number of hydrogen-bond donors (Lipinski definition) is 2. The highest BCUT2D eigenvalue weighted by Gasteiger charge is 2.18. The Bertz CT molecular complexity index is 125. The molecule has 0 aromatic rings. The predicted octanol–water partition coefficient (Wildman–Crippen LogP) is 2.58. The first-order chi connectivity index (χ1) is 6.63. The van der Waals surface area contributed by atoms with E-state index in [2.05, 4.69) is 20.8 Å². The van der Waals surface area contributed by atoms with Crippen molar-refractivity contribution < 1.29 is 10.2 Å². The molecular formula is C12H26O2. The Balaban J connectivity index is 3.56. The molecule has 86 valence electrons. The number of unbranched alkanes of at least 4 members (excludes halogenated alkanes) is 2. The molecule has 0 aromatic heterocycles. The molecule has 0 radical (unpaired) electrons. The molecule has 0 spiro atoms. The molecule has 14 heavy (non-hydrogen) atoms. The minimum Gasteiger partial charge on any atom is -0.396 e. The number of aliphatic hydroxyl groups is 2. The van der Waals surface area contributed by atoms with E-state index in [-0.39, 0.29) is 6.10 Å². The summed E-state index contributed by atoms with van der Waals surface area (Å²) in [4.78, 5) is 0. The van der Waals surface area contributed by atoms with Crippen molar-refractivity contribution >= 4 is 0 Å². The van der Waals surface area contributed by atoms with Crippen LogP contribution in [-0.4, -0.2) is 22.9 Å². The molecule has 0 aliphatic carbocycles. The first kappa shape index (κ1) is 13.9. The Labute approximate surface area is 88.3 Å². The SMILES string of the molecule is CC[C@@H](C)[C@@H](O)[C@@H](C)CCCCCO. The van der Waals surface area contributed by atoms with Gasteiger partial charge in [0.15, 0.2) is 0 Å². The van der Waals surface area contributed by atoms with Crippen molar-refractivity contribution in [1.29, 1.82) is 0 Å². The van der Waals surface area contributed by atoms with Gasteiger partial charge in [0.2, 0.25) is 0 Å². The van der Waals surface area contributed by atoms with Crippen LogP contribution in [0.2, 0.25) is 0 Å². The molecule has 0 fully saturated rings. The van der Waals surface area contributed by atoms with Gasteiger partial charge in [-0.15, -0.1) is 0 Å². The maximum atomic E-state index is 9.89. The summed E-state index contributed by atoms with van der Waals surface area (Å²) < 4.78 is 0. The highest BCUT2D eigenvalue weighted by atomic mass is 16.3. The Morgan fingerprint density at radius 2 is 1.64 bits per heavy atom. The molecule has 0 rings (SSSR count). The molecule has 0 heterocycles. The van der Waals surface area contributed by atoms with Crippen molar-refractivity contribution in [2.75, 3.05) is 6.61 Å². The van der Waals surface area contributed by atoms with Crippen molar-refractivity contribution in [2.45, 2.75) is 59.0 Å². The lowest BCUT2D eigenvalue weighted by Crippen LogP contribution is -2.25. The van der Waals surface area contributed by atoms with E-state index in [4.69, 9.17) is 5.11 Å². The third-order valence-corrected chi connectivity index (χ3v) is 3.13. The monoisotopic (exact) mass is 202 g/mol. The van der Waals surface area contributed by atoms with Crippen LogP contribution in [0.5, 0.6) is 0 Å². The first-order valence-electron chi connectivity index (χ1n) is 5.92. The highest BCUT2D eigenvalue weighted by molar-refractivity contribution is 4.69. The fourth-order valence-electron chi connectivity index (χ4n) is 1.73. The summed E-state index contributed by atoms with van der Waals surface area (Å²) in [6.07, 6.45) is 5.05. The Morgan fingerprint density at radius 1 is 1.00 bits per heavy atom. The van der Waals surface area contributed by atoms with Gasteiger partial charge in [-0.25, -0.2) is 0 Å². The van der Waals surface area contributed by atoms with Gasteiger partial charge < -0.3 is 10.2 Å². The topological polar surface area (TPSA) is 40.5 Å². The van der Waals surface area contributed by atoms with Crippen molar-refractivity contribution in [3.63, 3.8) is 0 Å². The van der Waals surface area contributed by atoms with Crippen LogP contribution in [0.1, 0.15) is 52.9 Å². The minimum absolute atomic E-state index is 0.158. The predicted molar refractivity (Wildman–Crippen MR) is 60.2 cm³/mol. The van der Waals surface area contributed by atoms with Crippen LogP contribution in [-0.2, 0) is 0 Å². The van der Waals surface area contributed by atoms with E-state index in [1.165, 1.54) is 0 Å². The summed E-state index contributed by atoms with van der Waals surface area (Å²) in [7, 11) is 0. The molecule has 2 nitrogen and oxygen atoms in total. The second-order valence-electron chi connectivity index (χ2n) is 4.43. The van der Waals surface area contributed by atoms with Gasteiger partial charge in [-0.3, -0.25) is 0 Å². The van der Waals surface area contributed by atoms with Crippen molar-refractivity contribution in [3.05, 3.63) is 0 Å². The average molecular weight is 202 g/mol. The van der Waals surface area contributed by atoms with Crippen LogP contribution in [0.4, 0.5) is 0 Å². The second-order valence-corrected chi connectivity index (χ2v) is 4.43. The van der Waals surface area contributed by atoms with Crippen LogP contribution >= 0.6 is 0 Å². The summed E-state index contributed by atoms with van der Waals surface area (Å²) in [6.45, 7) is 6.64. The van der Waals surface area contributed by atoms with Crippen molar-refractivity contribution in [3.8, 4) is 0 Å². The molecule has 0 saturated heterocycles. The second kappa shape index (κ2) is 8.25. The number of rotatable bonds is 8. The zero-order valence-electron chi connectivity index (χ0n) is 9.87. The quantitative estimate of drug-likeness (QED) is 0.594. The molecule has 0 aromatic carbocycles. The van der Waals surface area contributed by atoms with Crippen LogP contribution in [0.15, 0.2) is 0 Å². The van der Waals surface area contributed by atoms with Gasteiger partial charge in [-0.2, -0.15) is 0 Å². The van der Waals surface area contributed by atoms with Crippen LogP contribution in [0.25, 0.3) is 0 Å². The van der Waals surface area contributed by atoms with Gasteiger partial charge in [0.25, 0.3) is 0 Å². The van der Waals surface area contributed by atoms with Crippen molar-refractivity contribution in [2.24, 2.45) is 11.8 Å². The number of hydrogen-bond acceptors (Lipinski definition) is 2. The third kappa shape index (κ3) is 5.61. The Kier molecular flexibility index (Phi) is 8.20. The summed E-state index contributed by atoms with van der Waals surface area (Å²) >= 11 is 0. The van der Waals surface area contributed by atoms with Gasteiger partial charge >= 0.3 is 0 Å². The van der Waals surface area contributed by atoms with E-state index in [1.807, 2.05) is 0 Å². The first-order valence-corrected chi connectivity index (χ1v) is 5.92. The normalized spacial score (nSPS) is 17.8. The van der Waals surface area contributed by atoms with Gasteiger partial charge in [-0.05, 0) is 24.7 Å². The fourth-order valence-corrected chi connectivity index (χ4v) is 1.73. The molecule has 0 unspecified atom stereocenters. The van der Waals surface area contributed by atoms with Gasteiger partial charge in [0, 0.05) is 6.61 Å². The smallest absolute Gasteiger partial charge is 0.0591 e. The lowest BCUT2D eigenvalue weighted by Gasteiger charge is -2.23. The lowest BCUT2D eigenvalue weighted by molar-refractivity contribution is 0.0583. The molecule has 0 amide bonds. The Hall–Kier alpha value is -0.0800.